The van der Waals surface area contributed by atoms with Crippen LogP contribution in [-0.2, 0) is 4.79 Å². The molecule has 134 valence electrons. The monoisotopic (exact) mass is 367 g/mol. The van der Waals surface area contributed by atoms with Gasteiger partial charge in [0.15, 0.2) is 0 Å². The van der Waals surface area contributed by atoms with Crippen LogP contribution in [0, 0.1) is 0 Å². The van der Waals surface area contributed by atoms with E-state index in [2.05, 4.69) is 29.9 Å². The summed E-state index contributed by atoms with van der Waals surface area (Å²) in [7, 11) is 0. The highest BCUT2D eigenvalue weighted by Gasteiger charge is 2.28. The molecule has 0 bridgehead atoms. The largest absolute Gasteiger partial charge is 0.364 e. The second kappa shape index (κ2) is 7.66. The Morgan fingerprint density at radius 3 is 2.42 bits per heavy atom. The summed E-state index contributed by atoms with van der Waals surface area (Å²) in [6.45, 7) is 8.01. The smallest absolute Gasteiger partial charge is 0.280 e. The van der Waals surface area contributed by atoms with Crippen LogP contribution in [0.1, 0.15) is 36.0 Å². The lowest BCUT2D eigenvalue weighted by atomic mass is 10.1. The Morgan fingerprint density at radius 2 is 1.81 bits per heavy atom. The topological polar surface area (TPSA) is 53.0 Å². The summed E-state index contributed by atoms with van der Waals surface area (Å²) in [5, 5.41) is 6.97. The van der Waals surface area contributed by atoms with Crippen molar-refractivity contribution in [3.63, 3.8) is 0 Å². The molecule has 1 aromatic heterocycles. The highest BCUT2D eigenvalue weighted by atomic mass is 32.1. The van der Waals surface area contributed by atoms with Gasteiger partial charge in [0.2, 0.25) is 0 Å². The van der Waals surface area contributed by atoms with Crippen molar-refractivity contribution in [2.24, 2.45) is 5.10 Å². The molecule has 1 amide bonds. The van der Waals surface area contributed by atoms with E-state index in [0.29, 0.717) is 22.5 Å². The fourth-order valence-electron chi connectivity index (χ4n) is 2.82. The van der Waals surface area contributed by atoms with E-state index >= 15 is 0 Å². The number of amides is 1. The molecule has 6 heteroatoms. The molecule has 0 unspecified atom stereocenters. The van der Waals surface area contributed by atoms with Gasteiger partial charge >= 0.3 is 0 Å². The molecule has 1 aliphatic rings. The van der Waals surface area contributed by atoms with Gasteiger partial charge in [0, 0.05) is 23.5 Å². The zero-order valence-corrected chi connectivity index (χ0v) is 15.9. The first-order valence-corrected chi connectivity index (χ1v) is 9.40. The Balaban J connectivity index is 1.85. The molecule has 0 N–H and O–H groups in total. The SMILES string of the molecule is CCN(CC)c1ccc(/C=C2/C(=O)N(c3ccc(C=O)cc3)N=C2C)s1. The van der Waals surface area contributed by atoms with Crippen LogP contribution in [0.15, 0.2) is 47.1 Å². The van der Waals surface area contributed by atoms with E-state index in [1.165, 1.54) is 10.0 Å². The Hall–Kier alpha value is -2.73. The molecule has 1 aliphatic heterocycles. The number of carbonyl (C=O) groups is 2. The van der Waals surface area contributed by atoms with Crippen molar-refractivity contribution in [2.75, 3.05) is 23.0 Å². The number of benzene rings is 1. The molecular formula is C20H21N3O2S. The van der Waals surface area contributed by atoms with Gasteiger partial charge in [-0.15, -0.1) is 11.3 Å². The van der Waals surface area contributed by atoms with Crippen molar-refractivity contribution in [3.05, 3.63) is 52.4 Å². The standard InChI is InChI=1S/C20H21N3O2S/c1-4-22(5-2)19-11-10-17(26-19)12-18-14(3)21-23(20(18)25)16-8-6-15(13-24)7-9-16/h6-13H,4-5H2,1-3H3/b18-12+. The van der Waals surface area contributed by atoms with Gasteiger partial charge in [0.25, 0.3) is 5.91 Å². The maximum atomic E-state index is 12.8. The van der Waals surface area contributed by atoms with E-state index in [4.69, 9.17) is 0 Å². The number of hydrogen-bond donors (Lipinski definition) is 0. The third-order valence-electron chi connectivity index (χ3n) is 4.31. The Labute approximate surface area is 157 Å². The fraction of sp³-hybridized carbons (Fsp3) is 0.250. The number of nitrogens with zero attached hydrogens (tertiary/aromatic N) is 3. The predicted molar refractivity (Wildman–Crippen MR) is 108 cm³/mol. The van der Waals surface area contributed by atoms with Gasteiger partial charge in [-0.25, -0.2) is 0 Å². The van der Waals surface area contributed by atoms with Crippen molar-refractivity contribution in [1.29, 1.82) is 0 Å². The molecule has 0 saturated heterocycles. The number of aldehydes is 1. The van der Waals surface area contributed by atoms with Crippen LogP contribution in [0.25, 0.3) is 6.08 Å². The lowest BCUT2D eigenvalue weighted by Crippen LogP contribution is -2.21. The van der Waals surface area contributed by atoms with Crippen LogP contribution in [0.4, 0.5) is 10.7 Å². The van der Waals surface area contributed by atoms with Crippen LogP contribution in [0.5, 0.6) is 0 Å². The summed E-state index contributed by atoms with van der Waals surface area (Å²) in [5.74, 6) is -0.154. The van der Waals surface area contributed by atoms with Crippen molar-refractivity contribution in [3.8, 4) is 0 Å². The molecule has 0 radical (unpaired) electrons. The molecule has 26 heavy (non-hydrogen) atoms. The molecule has 0 saturated carbocycles. The molecule has 1 aromatic carbocycles. The second-order valence-electron chi connectivity index (χ2n) is 5.92. The maximum absolute atomic E-state index is 12.8. The second-order valence-corrected chi connectivity index (χ2v) is 7.01. The first kappa shape index (κ1) is 18.1. The van der Waals surface area contributed by atoms with Crippen molar-refractivity contribution in [2.45, 2.75) is 20.8 Å². The highest BCUT2D eigenvalue weighted by molar-refractivity contribution is 7.17. The Morgan fingerprint density at radius 1 is 1.12 bits per heavy atom. The molecular weight excluding hydrogens is 346 g/mol. The minimum Gasteiger partial charge on any atom is -0.364 e. The Kier molecular flexibility index (Phi) is 5.32. The van der Waals surface area contributed by atoms with Gasteiger partial charge in [0.05, 0.1) is 22.0 Å². The molecule has 0 atom stereocenters. The summed E-state index contributed by atoms with van der Waals surface area (Å²) in [6, 6.07) is 10.9. The summed E-state index contributed by atoms with van der Waals surface area (Å²) >= 11 is 1.67. The minimum absolute atomic E-state index is 0.154. The summed E-state index contributed by atoms with van der Waals surface area (Å²) in [6.07, 6.45) is 2.68. The van der Waals surface area contributed by atoms with Gasteiger partial charge in [-0.3, -0.25) is 9.59 Å². The number of hydrazone groups is 1. The van der Waals surface area contributed by atoms with Gasteiger partial charge in [-0.05, 0) is 63.2 Å². The van der Waals surface area contributed by atoms with Crippen molar-refractivity contribution < 1.29 is 9.59 Å². The van der Waals surface area contributed by atoms with E-state index in [1.807, 2.05) is 19.1 Å². The molecule has 2 heterocycles. The van der Waals surface area contributed by atoms with E-state index < -0.39 is 0 Å². The quantitative estimate of drug-likeness (QED) is 0.568. The number of hydrogen-bond acceptors (Lipinski definition) is 5. The van der Waals surface area contributed by atoms with Gasteiger partial charge < -0.3 is 4.90 Å². The lowest BCUT2D eigenvalue weighted by molar-refractivity contribution is -0.114. The van der Waals surface area contributed by atoms with Gasteiger partial charge in [-0.2, -0.15) is 10.1 Å². The summed E-state index contributed by atoms with van der Waals surface area (Å²) in [4.78, 5) is 26.9. The average Bonchev–Trinajstić information content (AvgIpc) is 3.23. The van der Waals surface area contributed by atoms with Crippen LogP contribution >= 0.6 is 11.3 Å². The first-order chi connectivity index (χ1) is 12.6. The number of thiophene rings is 1. The third-order valence-corrected chi connectivity index (χ3v) is 5.40. The van der Waals surface area contributed by atoms with Crippen molar-refractivity contribution >= 4 is 46.0 Å². The number of anilines is 2. The highest BCUT2D eigenvalue weighted by Crippen LogP contribution is 2.30. The van der Waals surface area contributed by atoms with Crippen LogP contribution in [0.3, 0.4) is 0 Å². The van der Waals surface area contributed by atoms with Gasteiger partial charge in [-0.1, -0.05) is 0 Å². The number of rotatable bonds is 6. The zero-order chi connectivity index (χ0) is 18.7. The van der Waals surface area contributed by atoms with Crippen LogP contribution in [-0.4, -0.2) is 31.0 Å². The average molecular weight is 367 g/mol. The Bertz CT molecular complexity index is 877. The van der Waals surface area contributed by atoms with E-state index in [1.54, 1.807) is 35.6 Å². The summed E-state index contributed by atoms with van der Waals surface area (Å²) in [5.41, 5.74) is 2.50. The van der Waals surface area contributed by atoms with Gasteiger partial charge in [0.1, 0.15) is 6.29 Å². The van der Waals surface area contributed by atoms with Crippen molar-refractivity contribution in [1.82, 2.24) is 0 Å². The molecule has 0 fully saturated rings. The lowest BCUT2D eigenvalue weighted by Gasteiger charge is -2.17. The third kappa shape index (κ3) is 3.46. The van der Waals surface area contributed by atoms with E-state index in [9.17, 15) is 9.59 Å². The molecule has 2 aromatic rings. The molecule has 3 rings (SSSR count). The normalized spacial score (nSPS) is 15.5. The van der Waals surface area contributed by atoms with E-state index in [0.717, 1.165) is 24.3 Å². The van der Waals surface area contributed by atoms with E-state index in [-0.39, 0.29) is 5.91 Å². The number of carbonyl (C=O) groups excluding carboxylic acids is 2. The minimum atomic E-state index is -0.154. The molecule has 5 nitrogen and oxygen atoms in total. The fourth-order valence-corrected chi connectivity index (χ4v) is 3.90. The molecule has 0 spiro atoms. The summed E-state index contributed by atoms with van der Waals surface area (Å²) < 4.78 is 0. The first-order valence-electron chi connectivity index (χ1n) is 8.59. The zero-order valence-electron chi connectivity index (χ0n) is 15.1. The molecule has 0 aliphatic carbocycles. The predicted octanol–water partition coefficient (Wildman–Crippen LogP) is 4.21. The maximum Gasteiger partial charge on any atom is 0.280 e. The van der Waals surface area contributed by atoms with Crippen LogP contribution < -0.4 is 9.91 Å². The van der Waals surface area contributed by atoms with Crippen LogP contribution in [0.2, 0.25) is 0 Å².